The van der Waals surface area contributed by atoms with Crippen LogP contribution < -0.4 is 9.47 Å². The second-order valence-corrected chi connectivity index (χ2v) is 7.26. The number of hydrogen-bond acceptors (Lipinski definition) is 6. The summed E-state index contributed by atoms with van der Waals surface area (Å²) in [6.07, 6.45) is 6.11. The summed E-state index contributed by atoms with van der Waals surface area (Å²) in [5, 5.41) is 17.3. The average Bonchev–Trinajstić information content (AvgIpc) is 2.66. The number of amidine groups is 1. The van der Waals surface area contributed by atoms with Gasteiger partial charge in [-0.3, -0.25) is 15.2 Å². The van der Waals surface area contributed by atoms with Gasteiger partial charge in [-0.25, -0.2) is 0 Å². The van der Waals surface area contributed by atoms with Gasteiger partial charge in [0, 0.05) is 13.1 Å². The first-order valence-electron chi connectivity index (χ1n) is 8.60. The molecule has 0 bridgehead atoms. The lowest BCUT2D eigenvalue weighted by Gasteiger charge is -2.36. The molecule has 1 fully saturated rings. The number of nitrogens with zero attached hydrogens (tertiary/aromatic N) is 3. The first-order valence-corrected chi connectivity index (χ1v) is 9.82. The van der Waals surface area contributed by atoms with Gasteiger partial charge in [0.1, 0.15) is 12.7 Å². The van der Waals surface area contributed by atoms with Crippen LogP contribution in [0.25, 0.3) is 0 Å². The maximum Gasteiger partial charge on any atom is 0.185 e. The fourth-order valence-electron chi connectivity index (χ4n) is 3.33. The summed E-state index contributed by atoms with van der Waals surface area (Å²) < 4.78 is 11.8. The highest BCUT2D eigenvalue weighted by Gasteiger charge is 2.27. The Hall–Kier alpha value is -1.91. The van der Waals surface area contributed by atoms with Crippen LogP contribution in [0.4, 0.5) is 0 Å². The predicted molar refractivity (Wildman–Crippen MR) is 99.1 cm³/mol. The molecule has 7 heteroatoms. The van der Waals surface area contributed by atoms with Crippen LogP contribution in [0.15, 0.2) is 24.3 Å². The van der Waals surface area contributed by atoms with Crippen molar-refractivity contribution in [1.82, 2.24) is 9.80 Å². The maximum atomic E-state index is 9.19. The molecular weight excluding hydrogens is 336 g/mol. The monoisotopic (exact) mass is 360 g/mol. The highest BCUT2D eigenvalue weighted by molar-refractivity contribution is 8.13. The van der Waals surface area contributed by atoms with Crippen LogP contribution in [0.3, 0.4) is 0 Å². The van der Waals surface area contributed by atoms with Crippen LogP contribution >= 0.6 is 11.8 Å². The van der Waals surface area contributed by atoms with E-state index in [4.69, 9.17) is 14.9 Å². The molecule has 1 atom stereocenters. The van der Waals surface area contributed by atoms with E-state index in [-0.39, 0.29) is 6.10 Å². The number of para-hydroxylation sites is 2. The van der Waals surface area contributed by atoms with Gasteiger partial charge >= 0.3 is 0 Å². The molecule has 134 valence electrons. The zero-order valence-corrected chi connectivity index (χ0v) is 15.3. The lowest BCUT2D eigenvalue weighted by Crippen LogP contribution is -2.45. The molecular formula is C18H24N4O2S. The summed E-state index contributed by atoms with van der Waals surface area (Å²) in [4.78, 5) is 3.91. The molecule has 0 saturated carbocycles. The number of ether oxygens (including phenoxy) is 2. The Morgan fingerprint density at radius 3 is 2.76 bits per heavy atom. The molecule has 2 aliphatic heterocycles. The molecule has 1 N–H and O–H groups in total. The number of piperidine rings is 1. The number of fused-ring (bicyclic) bond motifs is 1. The van der Waals surface area contributed by atoms with Crippen LogP contribution in [-0.2, 0) is 0 Å². The lowest BCUT2D eigenvalue weighted by molar-refractivity contribution is 0.0470. The minimum atomic E-state index is 0.0618. The van der Waals surface area contributed by atoms with Gasteiger partial charge in [-0.1, -0.05) is 23.9 Å². The minimum absolute atomic E-state index is 0.0618. The molecule has 0 aromatic heterocycles. The van der Waals surface area contributed by atoms with Crippen molar-refractivity contribution in [3.05, 3.63) is 24.3 Å². The van der Waals surface area contributed by atoms with E-state index in [1.54, 1.807) is 0 Å². The molecule has 1 unspecified atom stereocenters. The van der Waals surface area contributed by atoms with E-state index in [1.165, 1.54) is 16.7 Å². The Bertz CT molecular complexity index is 640. The summed E-state index contributed by atoms with van der Waals surface area (Å²) in [6, 6.07) is 7.80. The quantitative estimate of drug-likeness (QED) is 0.385. The zero-order valence-electron chi connectivity index (χ0n) is 14.5. The molecule has 2 heterocycles. The topological polar surface area (TPSA) is 72.6 Å². The van der Waals surface area contributed by atoms with Gasteiger partial charge < -0.3 is 9.47 Å². The van der Waals surface area contributed by atoms with Crippen LogP contribution in [-0.4, -0.2) is 60.1 Å². The van der Waals surface area contributed by atoms with E-state index in [1.807, 2.05) is 30.5 Å². The number of rotatable bonds is 4. The van der Waals surface area contributed by atoms with Crippen molar-refractivity contribution in [2.75, 3.05) is 39.0 Å². The highest BCUT2D eigenvalue weighted by atomic mass is 32.2. The Labute approximate surface area is 153 Å². The van der Waals surface area contributed by atoms with Gasteiger partial charge in [-0.05, 0) is 50.2 Å². The van der Waals surface area contributed by atoms with Gasteiger partial charge in [-0.15, -0.1) is 0 Å². The standard InChI is InChI=1S/C18H24N4O2S/c1-25-18(20)22(13-19)10-14-6-8-21(9-7-14)11-15-12-23-16-4-2-3-5-17(16)24-15/h2-5,14-15,20H,6-12H2,1H3. The molecule has 1 saturated heterocycles. The Balaban J connectivity index is 1.44. The van der Waals surface area contributed by atoms with Crippen molar-refractivity contribution in [2.45, 2.75) is 18.9 Å². The fourth-order valence-corrected chi connectivity index (χ4v) is 3.67. The molecule has 6 nitrogen and oxygen atoms in total. The first-order chi connectivity index (χ1) is 12.2. The van der Waals surface area contributed by atoms with E-state index in [9.17, 15) is 5.26 Å². The average molecular weight is 360 g/mol. The SMILES string of the molecule is CSC(=N)N(C#N)CC1CCN(CC2COc3ccccc3O2)CC1. The molecule has 0 aliphatic carbocycles. The van der Waals surface area contributed by atoms with E-state index < -0.39 is 0 Å². The third-order valence-corrected chi connectivity index (χ3v) is 5.34. The van der Waals surface area contributed by atoms with Crippen molar-refractivity contribution < 1.29 is 9.47 Å². The van der Waals surface area contributed by atoms with Gasteiger partial charge in [0.05, 0.1) is 0 Å². The number of thioether (sulfide) groups is 1. The summed E-state index contributed by atoms with van der Waals surface area (Å²) >= 11 is 1.31. The van der Waals surface area contributed by atoms with Crippen LogP contribution in [0.2, 0.25) is 0 Å². The molecule has 0 spiro atoms. The van der Waals surface area contributed by atoms with Crippen LogP contribution in [0.1, 0.15) is 12.8 Å². The van der Waals surface area contributed by atoms with Crippen molar-refractivity contribution in [1.29, 1.82) is 10.7 Å². The van der Waals surface area contributed by atoms with Crippen molar-refractivity contribution in [3.63, 3.8) is 0 Å². The second kappa shape index (κ2) is 8.45. The molecule has 25 heavy (non-hydrogen) atoms. The van der Waals surface area contributed by atoms with Crippen LogP contribution in [0.5, 0.6) is 11.5 Å². The highest BCUT2D eigenvalue weighted by Crippen LogP contribution is 2.31. The zero-order chi connectivity index (χ0) is 17.6. The molecule has 1 aromatic rings. The van der Waals surface area contributed by atoms with Gasteiger partial charge in [0.15, 0.2) is 22.9 Å². The van der Waals surface area contributed by atoms with Gasteiger partial charge in [0.2, 0.25) is 0 Å². The lowest BCUT2D eigenvalue weighted by atomic mass is 9.96. The molecule has 3 rings (SSSR count). The maximum absolute atomic E-state index is 9.19. The fraction of sp³-hybridized carbons (Fsp3) is 0.556. The molecule has 1 aromatic carbocycles. The normalized spacial score (nSPS) is 20.7. The molecule has 0 radical (unpaired) electrons. The van der Waals surface area contributed by atoms with Crippen LogP contribution in [0, 0.1) is 22.8 Å². The third kappa shape index (κ3) is 4.59. The Morgan fingerprint density at radius 1 is 1.36 bits per heavy atom. The number of likely N-dealkylation sites (tertiary alicyclic amines) is 1. The number of hydrogen-bond donors (Lipinski definition) is 1. The molecule has 2 aliphatic rings. The summed E-state index contributed by atoms with van der Waals surface area (Å²) in [6.45, 7) is 4.10. The van der Waals surface area contributed by atoms with E-state index >= 15 is 0 Å². The number of nitriles is 1. The number of benzene rings is 1. The number of nitrogens with one attached hydrogen (secondary N) is 1. The summed E-state index contributed by atoms with van der Waals surface area (Å²) in [5.74, 6) is 2.12. The third-order valence-electron chi connectivity index (χ3n) is 4.74. The molecule has 0 amide bonds. The van der Waals surface area contributed by atoms with Crippen molar-refractivity contribution >= 4 is 16.9 Å². The summed E-state index contributed by atoms with van der Waals surface area (Å²) in [7, 11) is 0. The Morgan fingerprint density at radius 2 is 2.08 bits per heavy atom. The van der Waals surface area contributed by atoms with Crippen molar-refractivity contribution in [2.24, 2.45) is 5.92 Å². The minimum Gasteiger partial charge on any atom is -0.486 e. The predicted octanol–water partition coefficient (Wildman–Crippen LogP) is 2.62. The second-order valence-electron chi connectivity index (χ2n) is 6.46. The van der Waals surface area contributed by atoms with E-state index in [0.29, 0.717) is 24.2 Å². The summed E-state index contributed by atoms with van der Waals surface area (Å²) in [5.41, 5.74) is 0. The van der Waals surface area contributed by atoms with Gasteiger partial charge in [0.25, 0.3) is 0 Å². The van der Waals surface area contributed by atoms with Crippen molar-refractivity contribution in [3.8, 4) is 17.7 Å². The largest absolute Gasteiger partial charge is 0.486 e. The first kappa shape index (κ1) is 17.9. The van der Waals surface area contributed by atoms with Gasteiger partial charge in [-0.2, -0.15) is 5.26 Å². The smallest absolute Gasteiger partial charge is 0.185 e. The van der Waals surface area contributed by atoms with E-state index in [0.717, 1.165) is 44.0 Å². The Kier molecular flexibility index (Phi) is 6.05. The van der Waals surface area contributed by atoms with E-state index in [2.05, 4.69) is 11.1 Å².